The second-order valence-electron chi connectivity index (χ2n) is 8.50. The van der Waals surface area contributed by atoms with E-state index in [1.807, 2.05) is 12.1 Å². The van der Waals surface area contributed by atoms with Gasteiger partial charge in [0, 0.05) is 5.92 Å². The van der Waals surface area contributed by atoms with Crippen molar-refractivity contribution in [1.29, 1.82) is 0 Å². The van der Waals surface area contributed by atoms with Crippen molar-refractivity contribution in [3.63, 3.8) is 0 Å². The quantitative estimate of drug-likeness (QED) is 0.422. The van der Waals surface area contributed by atoms with E-state index in [0.717, 1.165) is 5.75 Å². The fourth-order valence-corrected chi connectivity index (χ4v) is 8.48. The Hall–Kier alpha value is -2.76. The molecule has 1 atom stereocenters. The van der Waals surface area contributed by atoms with E-state index < -0.39 is 8.07 Å². The molecule has 0 saturated heterocycles. The van der Waals surface area contributed by atoms with Crippen LogP contribution in [0.3, 0.4) is 0 Å². The van der Waals surface area contributed by atoms with Crippen molar-refractivity contribution in [2.24, 2.45) is 0 Å². The lowest BCUT2D eigenvalue weighted by Gasteiger charge is -2.39. The molecule has 0 fully saturated rings. The summed E-state index contributed by atoms with van der Waals surface area (Å²) in [6, 6.07) is 30.0. The molecule has 29 heavy (non-hydrogen) atoms. The van der Waals surface area contributed by atoms with Gasteiger partial charge >= 0.3 is 0 Å². The third-order valence-electron chi connectivity index (χ3n) is 5.63. The Morgan fingerprint density at radius 2 is 1.24 bits per heavy atom. The van der Waals surface area contributed by atoms with Gasteiger partial charge in [-0.1, -0.05) is 93.6 Å². The van der Waals surface area contributed by atoms with Gasteiger partial charge in [0.2, 0.25) is 8.07 Å². The number of methoxy groups -OCH3 is 1. The number of benzene rings is 3. The molecule has 0 heterocycles. The maximum absolute atomic E-state index is 5.29. The molecule has 0 aliphatic heterocycles. The van der Waals surface area contributed by atoms with E-state index in [0.29, 0.717) is 0 Å². The van der Waals surface area contributed by atoms with Crippen LogP contribution < -0.4 is 15.1 Å². The molecule has 148 valence electrons. The lowest BCUT2D eigenvalue weighted by molar-refractivity contribution is 0.414. The Kier molecular flexibility index (Phi) is 6.30. The molecular formula is C27H30OSi. The zero-order valence-electron chi connectivity index (χ0n) is 18.1. The molecule has 0 bridgehead atoms. The zero-order chi connectivity index (χ0) is 20.9. The first-order valence-corrected chi connectivity index (χ1v) is 12.2. The fraction of sp³-hybridized carbons (Fsp3) is 0.259. The van der Waals surface area contributed by atoms with Gasteiger partial charge in [0.25, 0.3) is 0 Å². The van der Waals surface area contributed by atoms with Crippen LogP contribution in [0.1, 0.15) is 39.2 Å². The average molecular weight is 399 g/mol. The second kappa shape index (κ2) is 8.72. The largest absolute Gasteiger partial charge is 0.497 e. The van der Waals surface area contributed by atoms with Gasteiger partial charge in [0.15, 0.2) is 0 Å². The molecule has 0 spiro atoms. The van der Waals surface area contributed by atoms with Crippen molar-refractivity contribution in [2.45, 2.75) is 38.7 Å². The third kappa shape index (κ3) is 4.31. The first-order chi connectivity index (χ1) is 13.9. The summed E-state index contributed by atoms with van der Waals surface area (Å²) >= 11 is 0. The number of hydrogen-bond donors (Lipinski definition) is 0. The Morgan fingerprint density at radius 1 is 0.759 bits per heavy atom. The third-order valence-corrected chi connectivity index (χ3v) is 10.8. The van der Waals surface area contributed by atoms with E-state index in [2.05, 4.69) is 112 Å². The monoisotopic (exact) mass is 398 g/mol. The van der Waals surface area contributed by atoms with Gasteiger partial charge in [0.1, 0.15) is 5.75 Å². The molecule has 0 aliphatic rings. The van der Waals surface area contributed by atoms with Gasteiger partial charge in [-0.2, -0.15) is 0 Å². The van der Waals surface area contributed by atoms with Gasteiger partial charge in [-0.05, 0) is 40.0 Å². The van der Waals surface area contributed by atoms with Crippen LogP contribution in [0.15, 0.2) is 84.9 Å². The van der Waals surface area contributed by atoms with Crippen LogP contribution in [0.5, 0.6) is 5.75 Å². The Morgan fingerprint density at radius 3 is 1.66 bits per heavy atom. The molecule has 0 saturated carbocycles. The van der Waals surface area contributed by atoms with Crippen LogP contribution in [0, 0.1) is 11.5 Å². The summed E-state index contributed by atoms with van der Waals surface area (Å²) in [5.41, 5.74) is 5.11. The fourth-order valence-electron chi connectivity index (χ4n) is 3.93. The number of ether oxygens (including phenoxy) is 1. The summed E-state index contributed by atoms with van der Waals surface area (Å²) in [5.74, 6) is 4.68. The first kappa shape index (κ1) is 21.0. The molecule has 3 aromatic carbocycles. The van der Waals surface area contributed by atoms with E-state index in [1.165, 1.54) is 15.9 Å². The zero-order valence-corrected chi connectivity index (χ0v) is 19.1. The highest BCUT2D eigenvalue weighted by Crippen LogP contribution is 2.35. The van der Waals surface area contributed by atoms with Crippen molar-refractivity contribution < 1.29 is 4.74 Å². The normalized spacial score (nSPS) is 12.6. The van der Waals surface area contributed by atoms with Gasteiger partial charge in [-0.25, -0.2) is 0 Å². The molecule has 0 aliphatic carbocycles. The predicted octanol–water partition coefficient (Wildman–Crippen LogP) is 5.40. The average Bonchev–Trinajstić information content (AvgIpc) is 2.74. The molecule has 2 heteroatoms. The van der Waals surface area contributed by atoms with E-state index >= 15 is 0 Å². The lowest BCUT2D eigenvalue weighted by Crippen LogP contribution is -2.63. The Bertz CT molecular complexity index is 934. The van der Waals surface area contributed by atoms with Crippen LogP contribution in [0.4, 0.5) is 0 Å². The van der Waals surface area contributed by atoms with Crippen molar-refractivity contribution in [1.82, 2.24) is 0 Å². The number of rotatable bonds is 4. The molecule has 0 unspecified atom stereocenters. The smallest absolute Gasteiger partial charge is 0.204 e. The minimum atomic E-state index is -2.35. The Balaban J connectivity index is 2.15. The first-order valence-electron chi connectivity index (χ1n) is 10.2. The van der Waals surface area contributed by atoms with Crippen LogP contribution >= 0.6 is 0 Å². The van der Waals surface area contributed by atoms with Gasteiger partial charge in [0.05, 0.1) is 7.11 Å². The molecule has 3 aromatic rings. The Labute approximate surface area is 176 Å². The molecule has 3 rings (SSSR count). The van der Waals surface area contributed by atoms with Gasteiger partial charge in [-0.3, -0.25) is 0 Å². The SMILES string of the molecule is COc1ccc([C@H](C)C#C[Si](c2ccccc2)(c2ccccc2)C(C)(C)C)cc1. The van der Waals surface area contributed by atoms with Gasteiger partial charge < -0.3 is 4.74 Å². The van der Waals surface area contributed by atoms with Crippen LogP contribution in [-0.4, -0.2) is 15.2 Å². The van der Waals surface area contributed by atoms with Crippen molar-refractivity contribution in [2.75, 3.05) is 7.11 Å². The van der Waals surface area contributed by atoms with E-state index in [9.17, 15) is 0 Å². The topological polar surface area (TPSA) is 9.23 Å². The van der Waals surface area contributed by atoms with E-state index in [1.54, 1.807) is 7.11 Å². The predicted molar refractivity (Wildman–Crippen MR) is 127 cm³/mol. The molecule has 0 N–H and O–H groups in total. The summed E-state index contributed by atoms with van der Waals surface area (Å²) in [6.45, 7) is 9.20. The summed E-state index contributed by atoms with van der Waals surface area (Å²) < 4.78 is 5.29. The maximum atomic E-state index is 5.29. The summed E-state index contributed by atoms with van der Waals surface area (Å²) in [7, 11) is -0.653. The molecule has 0 radical (unpaired) electrons. The van der Waals surface area contributed by atoms with E-state index in [-0.39, 0.29) is 11.0 Å². The summed E-state index contributed by atoms with van der Waals surface area (Å²) in [5, 5.41) is 2.78. The van der Waals surface area contributed by atoms with Crippen molar-refractivity contribution >= 4 is 18.4 Å². The van der Waals surface area contributed by atoms with Crippen molar-refractivity contribution in [3.05, 3.63) is 90.5 Å². The van der Waals surface area contributed by atoms with Crippen LogP contribution in [0.25, 0.3) is 0 Å². The molecule has 0 amide bonds. The van der Waals surface area contributed by atoms with Crippen LogP contribution in [0.2, 0.25) is 5.04 Å². The highest BCUT2D eigenvalue weighted by molar-refractivity contribution is 7.10. The highest BCUT2D eigenvalue weighted by Gasteiger charge is 2.47. The lowest BCUT2D eigenvalue weighted by atomic mass is 10.0. The van der Waals surface area contributed by atoms with Crippen molar-refractivity contribution in [3.8, 4) is 17.2 Å². The summed E-state index contributed by atoms with van der Waals surface area (Å²) in [4.78, 5) is 0. The maximum Gasteiger partial charge on any atom is 0.204 e. The minimum Gasteiger partial charge on any atom is -0.497 e. The van der Waals surface area contributed by atoms with Gasteiger partial charge in [-0.15, -0.1) is 11.5 Å². The molecule has 0 aromatic heterocycles. The minimum absolute atomic E-state index is 0.0440. The van der Waals surface area contributed by atoms with E-state index in [4.69, 9.17) is 4.74 Å². The second-order valence-corrected chi connectivity index (χ2v) is 12.9. The number of hydrogen-bond acceptors (Lipinski definition) is 1. The molecular weight excluding hydrogens is 368 g/mol. The standard InChI is InChI=1S/C27H30OSi/c1-22(23-16-18-24(28-5)19-17-23)20-21-29(27(2,3)4,25-12-8-6-9-13-25)26-14-10-7-11-15-26/h6-19,22H,1-5H3/t22-/m1/s1. The molecule has 1 nitrogen and oxygen atoms in total. The van der Waals surface area contributed by atoms with Crippen LogP contribution in [-0.2, 0) is 0 Å². The highest BCUT2D eigenvalue weighted by atomic mass is 28.3. The summed E-state index contributed by atoms with van der Waals surface area (Å²) in [6.07, 6.45) is 0.